The number of benzene rings is 2. The van der Waals surface area contributed by atoms with Crippen LogP contribution in [0.2, 0.25) is 5.02 Å². The van der Waals surface area contributed by atoms with Gasteiger partial charge in [-0.05, 0) is 36.2 Å². The molecule has 10 heteroatoms. The van der Waals surface area contributed by atoms with Crippen molar-refractivity contribution in [2.24, 2.45) is 0 Å². The molecule has 0 N–H and O–H groups in total. The lowest BCUT2D eigenvalue weighted by Crippen LogP contribution is -2.53. The van der Waals surface area contributed by atoms with Crippen LogP contribution in [0.25, 0.3) is 5.69 Å². The van der Waals surface area contributed by atoms with Gasteiger partial charge in [-0.15, -0.1) is 11.8 Å². The van der Waals surface area contributed by atoms with Gasteiger partial charge in [0.05, 0.1) is 22.4 Å². The van der Waals surface area contributed by atoms with Gasteiger partial charge in [0.25, 0.3) is 0 Å². The van der Waals surface area contributed by atoms with Crippen LogP contribution in [-0.2, 0) is 19.8 Å². The largest absolute Gasteiger partial charge is 0.339 e. The van der Waals surface area contributed by atoms with E-state index in [4.69, 9.17) is 16.7 Å². The normalized spacial score (nSPS) is 17.9. The highest BCUT2D eigenvalue weighted by Gasteiger charge is 2.40. The highest BCUT2D eigenvalue weighted by Crippen LogP contribution is 2.48. The Morgan fingerprint density at radius 2 is 1.71 bits per heavy atom. The summed E-state index contributed by atoms with van der Waals surface area (Å²) >= 11 is 7.98. The second-order valence-corrected chi connectivity index (χ2v) is 13.2. The van der Waals surface area contributed by atoms with Crippen molar-refractivity contribution in [3.05, 3.63) is 75.9 Å². The van der Waals surface area contributed by atoms with Crippen LogP contribution in [0.3, 0.4) is 0 Å². The Bertz CT molecular complexity index is 1490. The Labute approximate surface area is 250 Å². The summed E-state index contributed by atoms with van der Waals surface area (Å²) in [5, 5.41) is 5.59. The number of aromatic nitrogens is 2. The molecule has 0 unspecified atom stereocenters. The van der Waals surface area contributed by atoms with E-state index in [9.17, 15) is 14.4 Å². The van der Waals surface area contributed by atoms with Crippen LogP contribution in [0.5, 0.6) is 0 Å². The van der Waals surface area contributed by atoms with E-state index < -0.39 is 0 Å². The second kappa shape index (κ2) is 11.5. The minimum Gasteiger partial charge on any atom is -0.339 e. The SMILES string of the molecule is CC(=O)N1CCN(C(=O)CN2C(=O)CS[C@@H](c3cccc(Cl)c3)c3c(C(C)(C)C)nn(-c4ccccc4C)c32)CC1. The first kappa shape index (κ1) is 29.2. The Morgan fingerprint density at radius 3 is 2.34 bits per heavy atom. The molecule has 0 bridgehead atoms. The van der Waals surface area contributed by atoms with Crippen molar-refractivity contribution in [2.75, 3.05) is 43.4 Å². The predicted octanol–water partition coefficient (Wildman–Crippen LogP) is 4.99. The maximum atomic E-state index is 13.9. The fourth-order valence-electron chi connectivity index (χ4n) is 5.48. The number of nitrogens with zero attached hydrogens (tertiary/aromatic N) is 5. The molecule has 2 aromatic carbocycles. The molecule has 216 valence electrons. The Morgan fingerprint density at radius 1 is 1.02 bits per heavy atom. The van der Waals surface area contributed by atoms with Crippen molar-refractivity contribution >= 4 is 46.9 Å². The van der Waals surface area contributed by atoms with Crippen LogP contribution in [0.1, 0.15) is 55.3 Å². The molecule has 1 saturated heterocycles. The second-order valence-electron chi connectivity index (χ2n) is 11.6. The number of thioether (sulfide) groups is 1. The molecule has 0 spiro atoms. The summed E-state index contributed by atoms with van der Waals surface area (Å²) in [6.45, 7) is 11.7. The molecule has 0 saturated carbocycles. The number of fused-ring (bicyclic) bond motifs is 1. The van der Waals surface area contributed by atoms with Gasteiger partial charge in [-0.2, -0.15) is 5.10 Å². The molecule has 1 aromatic heterocycles. The number of rotatable bonds is 4. The molecule has 0 aliphatic carbocycles. The minimum atomic E-state index is -0.346. The lowest BCUT2D eigenvalue weighted by molar-refractivity contribution is -0.137. The van der Waals surface area contributed by atoms with E-state index in [1.54, 1.807) is 21.6 Å². The number of anilines is 1. The van der Waals surface area contributed by atoms with Crippen molar-refractivity contribution < 1.29 is 14.4 Å². The van der Waals surface area contributed by atoms with Crippen molar-refractivity contribution in [1.29, 1.82) is 0 Å². The summed E-state index contributed by atoms with van der Waals surface area (Å²) < 4.78 is 1.85. The molecule has 5 rings (SSSR count). The van der Waals surface area contributed by atoms with Crippen LogP contribution in [-0.4, -0.2) is 75.8 Å². The first-order valence-electron chi connectivity index (χ1n) is 13.9. The number of hydrogen-bond acceptors (Lipinski definition) is 5. The van der Waals surface area contributed by atoms with Crippen molar-refractivity contribution in [1.82, 2.24) is 19.6 Å². The molecular weight excluding hydrogens is 558 g/mol. The highest BCUT2D eigenvalue weighted by molar-refractivity contribution is 8.00. The van der Waals surface area contributed by atoms with E-state index in [2.05, 4.69) is 20.8 Å². The number of piperazine rings is 1. The zero-order valence-electron chi connectivity index (χ0n) is 24.2. The van der Waals surface area contributed by atoms with Crippen LogP contribution in [0, 0.1) is 6.92 Å². The molecular formula is C31H36ClN5O3S. The van der Waals surface area contributed by atoms with Gasteiger partial charge in [0.2, 0.25) is 17.7 Å². The number of amides is 3. The van der Waals surface area contributed by atoms with Crippen LogP contribution >= 0.6 is 23.4 Å². The number of aryl methyl sites for hydroxylation is 1. The van der Waals surface area contributed by atoms with Crippen LogP contribution in [0.15, 0.2) is 48.5 Å². The average Bonchev–Trinajstić information content (AvgIpc) is 3.26. The standard InChI is InChI=1S/C31H36ClN5O3S/c1-20-9-6-7-12-24(20)37-30-27(29(33-37)31(3,4)5)28(22-10-8-11-23(32)17-22)41-19-26(40)36(30)18-25(39)35-15-13-34(14-16-35)21(2)38/h6-12,17,28H,13-16,18-19H2,1-5H3/t28-/m0/s1. The predicted molar refractivity (Wildman–Crippen MR) is 164 cm³/mol. The summed E-state index contributed by atoms with van der Waals surface area (Å²) in [5.74, 6) is 0.541. The molecule has 0 radical (unpaired) electrons. The van der Waals surface area contributed by atoms with Gasteiger partial charge in [-0.3, -0.25) is 19.3 Å². The number of para-hydroxylation sites is 1. The maximum absolute atomic E-state index is 13.9. The molecule has 41 heavy (non-hydrogen) atoms. The number of halogens is 1. The molecule has 1 fully saturated rings. The quantitative estimate of drug-likeness (QED) is 0.426. The van der Waals surface area contributed by atoms with Crippen molar-refractivity contribution in [3.63, 3.8) is 0 Å². The van der Waals surface area contributed by atoms with E-state index in [-0.39, 0.29) is 40.7 Å². The summed E-state index contributed by atoms with van der Waals surface area (Å²) in [4.78, 5) is 44.6. The molecule has 2 aliphatic heterocycles. The maximum Gasteiger partial charge on any atom is 0.242 e. The van der Waals surface area contributed by atoms with Gasteiger partial charge < -0.3 is 9.80 Å². The third kappa shape index (κ3) is 5.88. The third-order valence-corrected chi connectivity index (χ3v) is 9.16. The van der Waals surface area contributed by atoms with Gasteiger partial charge in [-0.25, -0.2) is 4.68 Å². The lowest BCUT2D eigenvalue weighted by Gasteiger charge is -2.35. The summed E-state index contributed by atoms with van der Waals surface area (Å²) in [6, 6.07) is 15.7. The molecule has 3 aromatic rings. The zero-order chi connectivity index (χ0) is 29.5. The van der Waals surface area contributed by atoms with Crippen LogP contribution < -0.4 is 4.90 Å². The fourth-order valence-corrected chi connectivity index (χ4v) is 6.87. The van der Waals surface area contributed by atoms with E-state index in [1.165, 1.54) is 11.8 Å². The number of carbonyl (C=O) groups is 3. The topological polar surface area (TPSA) is 78.8 Å². The summed E-state index contributed by atoms with van der Waals surface area (Å²) in [5.41, 5.74) is 4.30. The minimum absolute atomic E-state index is 0.00496. The Hall–Kier alpha value is -3.30. The van der Waals surface area contributed by atoms with E-state index in [0.29, 0.717) is 37.0 Å². The van der Waals surface area contributed by atoms with Gasteiger partial charge in [0.15, 0.2) is 0 Å². The van der Waals surface area contributed by atoms with Crippen LogP contribution in [0.4, 0.5) is 5.82 Å². The van der Waals surface area contributed by atoms with Gasteiger partial charge in [-0.1, -0.05) is 62.7 Å². The van der Waals surface area contributed by atoms with E-state index in [1.807, 2.05) is 60.1 Å². The van der Waals surface area contributed by atoms with E-state index in [0.717, 1.165) is 28.1 Å². The van der Waals surface area contributed by atoms with Crippen molar-refractivity contribution in [2.45, 2.75) is 45.3 Å². The summed E-state index contributed by atoms with van der Waals surface area (Å²) in [7, 11) is 0. The number of carbonyl (C=O) groups excluding carboxylic acids is 3. The smallest absolute Gasteiger partial charge is 0.242 e. The lowest BCUT2D eigenvalue weighted by atomic mass is 9.87. The third-order valence-electron chi connectivity index (χ3n) is 7.67. The fraction of sp³-hybridized carbons (Fsp3) is 0.419. The number of hydrogen-bond donors (Lipinski definition) is 0. The zero-order valence-corrected chi connectivity index (χ0v) is 25.8. The van der Waals surface area contributed by atoms with Crippen molar-refractivity contribution in [3.8, 4) is 5.69 Å². The molecule has 1 atom stereocenters. The Kier molecular flexibility index (Phi) is 8.21. The molecule has 3 heterocycles. The first-order valence-corrected chi connectivity index (χ1v) is 15.3. The van der Waals surface area contributed by atoms with Gasteiger partial charge >= 0.3 is 0 Å². The summed E-state index contributed by atoms with van der Waals surface area (Å²) in [6.07, 6.45) is 0. The highest BCUT2D eigenvalue weighted by atomic mass is 35.5. The average molecular weight is 594 g/mol. The first-order chi connectivity index (χ1) is 19.5. The molecule has 8 nitrogen and oxygen atoms in total. The van der Waals surface area contributed by atoms with E-state index >= 15 is 0 Å². The molecule has 3 amide bonds. The van der Waals surface area contributed by atoms with Gasteiger partial charge in [0.1, 0.15) is 12.4 Å². The Balaban J connectivity index is 1.66. The monoisotopic (exact) mass is 593 g/mol. The van der Waals surface area contributed by atoms with Gasteiger partial charge in [0, 0.05) is 49.1 Å². The molecule has 2 aliphatic rings.